The van der Waals surface area contributed by atoms with Crippen LogP contribution in [0.4, 0.5) is 13.2 Å². The Morgan fingerprint density at radius 1 is 1.27 bits per heavy atom. The predicted octanol–water partition coefficient (Wildman–Crippen LogP) is 3.94. The Hall–Kier alpha value is -2.98. The van der Waals surface area contributed by atoms with Crippen LogP contribution in [0.3, 0.4) is 0 Å². The van der Waals surface area contributed by atoms with Crippen molar-refractivity contribution in [3.63, 3.8) is 0 Å². The molecule has 2 N–H and O–H groups in total. The summed E-state index contributed by atoms with van der Waals surface area (Å²) in [6.07, 6.45) is 3.96. The maximum absolute atomic E-state index is 13.2. The van der Waals surface area contributed by atoms with Gasteiger partial charge in [-0.1, -0.05) is 12.1 Å². The number of H-pyrrole nitrogens is 1. The van der Waals surface area contributed by atoms with Crippen molar-refractivity contribution in [2.45, 2.75) is 44.4 Å². The minimum atomic E-state index is -4.42. The van der Waals surface area contributed by atoms with Crippen molar-refractivity contribution in [3.8, 4) is 0 Å². The van der Waals surface area contributed by atoms with E-state index in [1.807, 2.05) is 6.20 Å². The Kier molecular flexibility index (Phi) is 5.79. The van der Waals surface area contributed by atoms with Crippen LogP contribution in [0, 0.1) is 0 Å². The number of fused-ring (bicyclic) bond motifs is 3. The van der Waals surface area contributed by atoms with Crippen molar-refractivity contribution in [3.05, 3.63) is 80.7 Å². The van der Waals surface area contributed by atoms with Gasteiger partial charge in [0.2, 0.25) is 0 Å². The number of aromatic nitrogens is 4. The fourth-order valence-corrected chi connectivity index (χ4v) is 5.62. The van der Waals surface area contributed by atoms with Gasteiger partial charge in [0.15, 0.2) is 0 Å². The molecule has 1 aliphatic rings. The zero-order valence-electron chi connectivity index (χ0n) is 17.7. The van der Waals surface area contributed by atoms with Crippen LogP contribution in [0.5, 0.6) is 0 Å². The number of nitrogens with zero attached hydrogens (tertiary/aromatic N) is 3. The van der Waals surface area contributed by atoms with Crippen LogP contribution in [0.25, 0.3) is 10.2 Å². The van der Waals surface area contributed by atoms with E-state index in [9.17, 15) is 18.0 Å². The van der Waals surface area contributed by atoms with E-state index < -0.39 is 11.7 Å². The fraction of sp³-hybridized carbons (Fsp3) is 0.348. The average molecular weight is 474 g/mol. The van der Waals surface area contributed by atoms with Crippen LogP contribution in [0.15, 0.2) is 47.9 Å². The van der Waals surface area contributed by atoms with E-state index in [-0.39, 0.29) is 12.1 Å². The molecule has 0 bridgehead atoms. The summed E-state index contributed by atoms with van der Waals surface area (Å²) >= 11 is 1.54. The summed E-state index contributed by atoms with van der Waals surface area (Å²) in [5, 5.41) is 4.19. The summed E-state index contributed by atoms with van der Waals surface area (Å²) in [5.74, 6) is 0. The van der Waals surface area contributed by atoms with E-state index in [4.69, 9.17) is 0 Å². The number of hydrogen-bond donors (Lipinski definition) is 2. The van der Waals surface area contributed by atoms with E-state index in [0.717, 1.165) is 60.5 Å². The predicted molar refractivity (Wildman–Crippen MR) is 121 cm³/mol. The maximum atomic E-state index is 13.2. The number of alkyl halides is 3. The number of imidazole rings is 1. The van der Waals surface area contributed by atoms with Gasteiger partial charge in [-0.15, -0.1) is 11.3 Å². The third-order valence-electron chi connectivity index (χ3n) is 6.01. The molecule has 3 aromatic heterocycles. The molecule has 10 heteroatoms. The molecular weight excluding hydrogens is 451 g/mol. The van der Waals surface area contributed by atoms with Gasteiger partial charge in [-0.05, 0) is 42.5 Å². The SMILES string of the molecule is O=c1c2c3c(sc2ncn1Cc1cccc(C(F)(F)F)c1)CC(NCCc1c[nH]cn1)CC3. The van der Waals surface area contributed by atoms with Crippen molar-refractivity contribution in [2.75, 3.05) is 6.54 Å². The number of rotatable bonds is 6. The van der Waals surface area contributed by atoms with Crippen molar-refractivity contribution in [1.82, 2.24) is 24.8 Å². The highest BCUT2D eigenvalue weighted by Gasteiger charge is 2.30. The quantitative estimate of drug-likeness (QED) is 0.445. The zero-order valence-corrected chi connectivity index (χ0v) is 18.5. The molecule has 5 rings (SSSR count). The molecule has 33 heavy (non-hydrogen) atoms. The molecule has 4 aromatic rings. The monoisotopic (exact) mass is 473 g/mol. The molecule has 172 valence electrons. The Balaban J connectivity index is 1.34. The molecule has 1 atom stereocenters. The summed E-state index contributed by atoms with van der Waals surface area (Å²) in [6.45, 7) is 0.880. The van der Waals surface area contributed by atoms with Crippen molar-refractivity contribution < 1.29 is 13.2 Å². The normalized spacial score (nSPS) is 16.3. The number of nitrogens with one attached hydrogen (secondary N) is 2. The molecule has 6 nitrogen and oxygen atoms in total. The van der Waals surface area contributed by atoms with Gasteiger partial charge >= 0.3 is 6.18 Å². The molecule has 0 fully saturated rings. The molecule has 3 heterocycles. The first kappa shape index (κ1) is 21.8. The zero-order chi connectivity index (χ0) is 23.0. The van der Waals surface area contributed by atoms with Gasteiger partial charge < -0.3 is 10.3 Å². The summed E-state index contributed by atoms with van der Waals surface area (Å²) in [7, 11) is 0. The molecule has 0 saturated carbocycles. The molecule has 1 aromatic carbocycles. The Labute approximate surface area is 191 Å². The van der Waals surface area contributed by atoms with Gasteiger partial charge in [-0.3, -0.25) is 9.36 Å². The smallest absolute Gasteiger partial charge is 0.351 e. The Morgan fingerprint density at radius 3 is 2.94 bits per heavy atom. The van der Waals surface area contributed by atoms with E-state index >= 15 is 0 Å². The summed E-state index contributed by atoms with van der Waals surface area (Å²) < 4.78 is 40.5. The lowest BCUT2D eigenvalue weighted by molar-refractivity contribution is -0.137. The third-order valence-corrected chi connectivity index (χ3v) is 7.17. The highest BCUT2D eigenvalue weighted by molar-refractivity contribution is 7.18. The first-order chi connectivity index (χ1) is 15.9. The third kappa shape index (κ3) is 4.58. The maximum Gasteiger partial charge on any atom is 0.416 e. The Morgan fingerprint density at radius 2 is 2.15 bits per heavy atom. The molecule has 0 amide bonds. The van der Waals surface area contributed by atoms with E-state index in [0.29, 0.717) is 21.8 Å². The summed E-state index contributed by atoms with van der Waals surface area (Å²) in [4.78, 5) is 26.7. The van der Waals surface area contributed by atoms with Crippen molar-refractivity contribution >= 4 is 21.6 Å². The Bertz CT molecular complexity index is 1330. The molecule has 1 aliphatic carbocycles. The topological polar surface area (TPSA) is 75.6 Å². The molecule has 0 aliphatic heterocycles. The first-order valence-corrected chi connectivity index (χ1v) is 11.6. The molecule has 1 unspecified atom stereocenters. The van der Waals surface area contributed by atoms with Crippen LogP contribution < -0.4 is 10.9 Å². The van der Waals surface area contributed by atoms with Gasteiger partial charge in [0.05, 0.1) is 35.8 Å². The lowest BCUT2D eigenvalue weighted by Gasteiger charge is -2.23. The van der Waals surface area contributed by atoms with Crippen LogP contribution in [-0.2, 0) is 32.0 Å². The van der Waals surface area contributed by atoms with Crippen molar-refractivity contribution in [2.24, 2.45) is 0 Å². The molecular formula is C23H22F3N5OS. The highest BCUT2D eigenvalue weighted by atomic mass is 32.1. The first-order valence-electron chi connectivity index (χ1n) is 10.8. The number of hydrogen-bond acceptors (Lipinski definition) is 5. The van der Waals surface area contributed by atoms with Crippen LogP contribution in [0.1, 0.15) is 33.7 Å². The van der Waals surface area contributed by atoms with E-state index in [2.05, 4.69) is 20.3 Å². The number of halogens is 3. The minimum Gasteiger partial charge on any atom is -0.351 e. The number of benzene rings is 1. The number of thiophene rings is 1. The highest BCUT2D eigenvalue weighted by Crippen LogP contribution is 2.34. The lowest BCUT2D eigenvalue weighted by Crippen LogP contribution is -2.35. The van der Waals surface area contributed by atoms with Crippen LogP contribution in [0.2, 0.25) is 0 Å². The van der Waals surface area contributed by atoms with Crippen LogP contribution in [-0.4, -0.2) is 32.1 Å². The second-order valence-electron chi connectivity index (χ2n) is 8.26. The average Bonchev–Trinajstić information content (AvgIpc) is 3.43. The standard InChI is InChI=1S/C23H22F3N5OS/c24-23(25,26)15-3-1-2-14(8-15)11-31-13-30-21-20(22(31)32)18-5-4-16(9-19(18)33-21)28-7-6-17-10-27-12-29-17/h1-3,8,10,12-13,16,28H,4-7,9,11H2,(H,27,29). The second-order valence-corrected chi connectivity index (χ2v) is 9.35. The number of aryl methyl sites for hydroxylation is 1. The van der Waals surface area contributed by atoms with E-state index in [1.54, 1.807) is 12.4 Å². The molecule has 0 spiro atoms. The summed E-state index contributed by atoms with van der Waals surface area (Å²) in [5.41, 5.74) is 1.56. The van der Waals surface area contributed by atoms with E-state index in [1.165, 1.54) is 28.3 Å². The minimum absolute atomic E-state index is 0.0493. The second kappa shape index (κ2) is 8.75. The van der Waals surface area contributed by atoms with Crippen LogP contribution >= 0.6 is 11.3 Å². The van der Waals surface area contributed by atoms with Gasteiger partial charge in [0.1, 0.15) is 4.83 Å². The van der Waals surface area contributed by atoms with Gasteiger partial charge in [-0.25, -0.2) is 9.97 Å². The summed E-state index contributed by atoms with van der Waals surface area (Å²) in [6, 6.07) is 5.40. The van der Waals surface area contributed by atoms with Gasteiger partial charge in [-0.2, -0.15) is 13.2 Å². The number of aromatic amines is 1. The molecule has 0 radical (unpaired) electrons. The largest absolute Gasteiger partial charge is 0.416 e. The molecule has 0 saturated heterocycles. The van der Waals surface area contributed by atoms with Gasteiger partial charge in [0.25, 0.3) is 5.56 Å². The lowest BCUT2D eigenvalue weighted by atomic mass is 9.93. The van der Waals surface area contributed by atoms with Crippen molar-refractivity contribution in [1.29, 1.82) is 0 Å². The van der Waals surface area contributed by atoms with Gasteiger partial charge in [0, 0.05) is 30.1 Å². The fourth-order valence-electron chi connectivity index (χ4n) is 4.36.